The van der Waals surface area contributed by atoms with Crippen LogP contribution in [-0.2, 0) is 10.9 Å². The van der Waals surface area contributed by atoms with Crippen molar-refractivity contribution in [3.63, 3.8) is 0 Å². The Morgan fingerprint density at radius 3 is 2.17 bits per heavy atom. The molecule has 0 spiro atoms. The van der Waals surface area contributed by atoms with Crippen LogP contribution in [-0.4, -0.2) is 62.1 Å². The molecule has 0 aromatic carbocycles. The highest BCUT2D eigenvalue weighted by molar-refractivity contribution is 7.69. The Morgan fingerprint density at radius 1 is 1.17 bits per heavy atom. The Kier molecular flexibility index (Phi) is 3.93. The minimum absolute atomic E-state index is 0.142. The first-order valence-electron chi connectivity index (χ1n) is 3.96. The van der Waals surface area contributed by atoms with Crippen molar-refractivity contribution >= 4 is 10.9 Å². The van der Waals surface area contributed by atoms with E-state index in [4.69, 9.17) is 5.11 Å². The van der Waals surface area contributed by atoms with Crippen LogP contribution in [0.2, 0.25) is 0 Å². The lowest BCUT2D eigenvalue weighted by atomic mass is 10.4. The third-order valence-electron chi connectivity index (χ3n) is 2.00. The number of hydrogen-bond donors (Lipinski definition) is 2. The molecule has 1 saturated heterocycles. The molecule has 12 heavy (non-hydrogen) atoms. The van der Waals surface area contributed by atoms with Crippen molar-refractivity contribution in [3.05, 3.63) is 0 Å². The number of rotatable bonds is 3. The molecule has 1 fully saturated rings. The number of aliphatic hydroxyl groups is 1. The van der Waals surface area contributed by atoms with E-state index >= 15 is 0 Å². The van der Waals surface area contributed by atoms with Crippen molar-refractivity contribution in [2.45, 2.75) is 0 Å². The van der Waals surface area contributed by atoms with Crippen LogP contribution < -0.4 is 0 Å². The monoisotopic (exact) mass is 194 g/mol. The standard InChI is InChI=1S/C6H14N2O3S/c9-6-5-7-1-3-8(4-2-7)12(10)11/h9,12H,1-6H2. The van der Waals surface area contributed by atoms with Crippen LogP contribution in [0.3, 0.4) is 0 Å². The van der Waals surface area contributed by atoms with Gasteiger partial charge in [-0.1, -0.05) is 0 Å². The smallest absolute Gasteiger partial charge is 0.204 e. The summed E-state index contributed by atoms with van der Waals surface area (Å²) in [5.41, 5.74) is 0. The SMILES string of the molecule is O=[SH](=O)N1CCN(CCO)CC1. The van der Waals surface area contributed by atoms with Gasteiger partial charge in [-0.2, -0.15) is 0 Å². The van der Waals surface area contributed by atoms with Gasteiger partial charge in [0.05, 0.1) is 6.61 Å². The van der Waals surface area contributed by atoms with Gasteiger partial charge < -0.3 is 5.11 Å². The van der Waals surface area contributed by atoms with Crippen molar-refractivity contribution in [2.75, 3.05) is 39.3 Å². The first kappa shape index (κ1) is 9.91. The number of β-amino-alcohol motifs (C(OH)–C–C–N with tert-alkyl or cyclic N) is 1. The Hall–Kier alpha value is -0.170. The van der Waals surface area contributed by atoms with Crippen molar-refractivity contribution in [1.82, 2.24) is 9.21 Å². The zero-order valence-electron chi connectivity index (χ0n) is 6.85. The molecule has 0 atom stereocenters. The number of aliphatic hydroxyl groups excluding tert-OH is 1. The normalized spacial score (nSPS) is 21.8. The van der Waals surface area contributed by atoms with E-state index in [-0.39, 0.29) is 6.61 Å². The zero-order chi connectivity index (χ0) is 8.97. The molecule has 0 unspecified atom stereocenters. The molecule has 0 amide bonds. The average molecular weight is 194 g/mol. The number of thiol groups is 1. The molecule has 72 valence electrons. The van der Waals surface area contributed by atoms with Gasteiger partial charge in [-0.15, -0.1) is 0 Å². The molecule has 0 bridgehead atoms. The van der Waals surface area contributed by atoms with Crippen LogP contribution in [0.5, 0.6) is 0 Å². The zero-order valence-corrected chi connectivity index (χ0v) is 7.74. The molecule has 5 nitrogen and oxygen atoms in total. The predicted octanol–water partition coefficient (Wildman–Crippen LogP) is -1.88. The van der Waals surface area contributed by atoms with E-state index in [0.717, 1.165) is 13.1 Å². The van der Waals surface area contributed by atoms with E-state index in [1.807, 2.05) is 0 Å². The van der Waals surface area contributed by atoms with Gasteiger partial charge in [0, 0.05) is 32.7 Å². The maximum atomic E-state index is 10.5. The van der Waals surface area contributed by atoms with E-state index in [0.29, 0.717) is 19.6 Å². The van der Waals surface area contributed by atoms with E-state index in [1.54, 1.807) is 0 Å². The topological polar surface area (TPSA) is 60.9 Å². The molecule has 1 aliphatic rings. The van der Waals surface area contributed by atoms with E-state index in [1.165, 1.54) is 4.31 Å². The summed E-state index contributed by atoms with van der Waals surface area (Å²) in [5, 5.41) is 8.62. The fourth-order valence-electron chi connectivity index (χ4n) is 1.27. The second-order valence-electron chi connectivity index (χ2n) is 2.76. The van der Waals surface area contributed by atoms with Crippen molar-refractivity contribution < 1.29 is 13.5 Å². The number of hydrogen-bond acceptors (Lipinski definition) is 4. The van der Waals surface area contributed by atoms with Crippen LogP contribution in [0.4, 0.5) is 0 Å². The summed E-state index contributed by atoms with van der Waals surface area (Å²) in [6.07, 6.45) is 0. The lowest BCUT2D eigenvalue weighted by Gasteiger charge is -2.30. The Morgan fingerprint density at radius 2 is 1.75 bits per heavy atom. The summed E-state index contributed by atoms with van der Waals surface area (Å²) in [7, 11) is -2.40. The van der Waals surface area contributed by atoms with Gasteiger partial charge in [0.25, 0.3) is 0 Å². The number of piperazine rings is 1. The summed E-state index contributed by atoms with van der Waals surface area (Å²) in [4.78, 5) is 2.05. The lowest BCUT2D eigenvalue weighted by Crippen LogP contribution is -2.46. The molecule has 1 aliphatic heterocycles. The quantitative estimate of drug-likeness (QED) is 0.516. The van der Waals surface area contributed by atoms with E-state index in [9.17, 15) is 8.42 Å². The van der Waals surface area contributed by atoms with Crippen LogP contribution in [0.15, 0.2) is 0 Å². The van der Waals surface area contributed by atoms with Gasteiger partial charge in [-0.25, -0.2) is 12.7 Å². The average Bonchev–Trinajstić information content (AvgIpc) is 2.06. The van der Waals surface area contributed by atoms with Gasteiger partial charge in [0.1, 0.15) is 0 Å². The maximum absolute atomic E-state index is 10.5. The van der Waals surface area contributed by atoms with Crippen molar-refractivity contribution in [2.24, 2.45) is 0 Å². The minimum Gasteiger partial charge on any atom is -0.395 e. The second-order valence-corrected chi connectivity index (χ2v) is 3.80. The Bertz CT molecular complexity index is 191. The summed E-state index contributed by atoms with van der Waals surface area (Å²) in [6, 6.07) is 0. The lowest BCUT2D eigenvalue weighted by molar-refractivity contribution is 0.153. The van der Waals surface area contributed by atoms with Gasteiger partial charge in [0.15, 0.2) is 0 Å². The second kappa shape index (κ2) is 4.76. The molecule has 1 rings (SSSR count). The molecule has 0 aliphatic carbocycles. The molecule has 1 heterocycles. The highest BCUT2D eigenvalue weighted by Gasteiger charge is 2.16. The predicted molar refractivity (Wildman–Crippen MR) is 45.4 cm³/mol. The van der Waals surface area contributed by atoms with Gasteiger partial charge in [-0.3, -0.25) is 4.90 Å². The molecular weight excluding hydrogens is 180 g/mol. The summed E-state index contributed by atoms with van der Waals surface area (Å²) in [6.45, 7) is 3.35. The van der Waals surface area contributed by atoms with Crippen LogP contribution in [0.1, 0.15) is 0 Å². The van der Waals surface area contributed by atoms with Crippen LogP contribution in [0, 0.1) is 0 Å². The minimum atomic E-state index is -2.40. The molecule has 6 heteroatoms. The Labute approximate surface area is 73.7 Å². The summed E-state index contributed by atoms with van der Waals surface area (Å²) in [5.74, 6) is 0. The molecule has 0 aromatic rings. The molecule has 0 saturated carbocycles. The third kappa shape index (κ3) is 2.71. The van der Waals surface area contributed by atoms with E-state index in [2.05, 4.69) is 4.90 Å². The first-order valence-corrected chi connectivity index (χ1v) is 5.09. The van der Waals surface area contributed by atoms with Gasteiger partial charge in [0.2, 0.25) is 10.9 Å². The highest BCUT2D eigenvalue weighted by Crippen LogP contribution is 1.99. The van der Waals surface area contributed by atoms with Gasteiger partial charge >= 0.3 is 0 Å². The van der Waals surface area contributed by atoms with Crippen LogP contribution in [0.25, 0.3) is 0 Å². The van der Waals surface area contributed by atoms with Crippen LogP contribution >= 0.6 is 0 Å². The number of nitrogens with zero attached hydrogens (tertiary/aromatic N) is 2. The molecule has 0 aromatic heterocycles. The summed E-state index contributed by atoms with van der Waals surface area (Å²) < 4.78 is 22.5. The van der Waals surface area contributed by atoms with E-state index < -0.39 is 10.9 Å². The first-order chi connectivity index (χ1) is 5.74. The van der Waals surface area contributed by atoms with Crippen molar-refractivity contribution in [1.29, 1.82) is 0 Å². The maximum Gasteiger partial charge on any atom is 0.204 e. The molecule has 1 N–H and O–H groups in total. The largest absolute Gasteiger partial charge is 0.395 e. The summed E-state index contributed by atoms with van der Waals surface area (Å²) >= 11 is 0. The van der Waals surface area contributed by atoms with Crippen molar-refractivity contribution in [3.8, 4) is 0 Å². The van der Waals surface area contributed by atoms with Gasteiger partial charge in [-0.05, 0) is 0 Å². The molecular formula is C6H14N2O3S. The Balaban J connectivity index is 2.29. The fourth-order valence-corrected chi connectivity index (χ4v) is 1.77. The molecule has 0 radical (unpaired) electrons. The third-order valence-corrected chi connectivity index (χ3v) is 2.86. The fraction of sp³-hybridized carbons (Fsp3) is 1.00. The highest BCUT2D eigenvalue weighted by atomic mass is 32.2.